The van der Waals surface area contributed by atoms with Crippen LogP contribution in [0.4, 0.5) is 0 Å². The molecular weight excluding hydrogens is 303 g/mol. The molecule has 0 heterocycles. The van der Waals surface area contributed by atoms with E-state index in [2.05, 4.69) is 20.8 Å². The second-order valence-corrected chi connectivity index (χ2v) is 8.78. The van der Waals surface area contributed by atoms with Crippen molar-refractivity contribution in [2.75, 3.05) is 0 Å². The van der Waals surface area contributed by atoms with Crippen LogP contribution in [-0.4, -0.2) is 5.78 Å². The molecule has 1 aromatic carbocycles. The van der Waals surface area contributed by atoms with Crippen molar-refractivity contribution in [2.45, 2.75) is 54.4 Å². The van der Waals surface area contributed by atoms with E-state index in [9.17, 15) is 4.79 Å². The molecule has 118 valence electrons. The van der Waals surface area contributed by atoms with Gasteiger partial charge in [0.05, 0.1) is 10.0 Å². The van der Waals surface area contributed by atoms with Crippen molar-refractivity contribution < 1.29 is 4.79 Å². The summed E-state index contributed by atoms with van der Waals surface area (Å²) in [5, 5.41) is 1.12. The van der Waals surface area contributed by atoms with Gasteiger partial charge in [-0.3, -0.25) is 4.79 Å². The molecule has 1 rings (SSSR count). The van der Waals surface area contributed by atoms with Crippen molar-refractivity contribution in [3.8, 4) is 0 Å². The lowest BCUT2D eigenvalue weighted by atomic mass is 9.73. The summed E-state index contributed by atoms with van der Waals surface area (Å²) in [6, 6.07) is 5.62. The fourth-order valence-electron chi connectivity index (χ4n) is 2.58. The molecule has 0 fully saturated rings. The van der Waals surface area contributed by atoms with E-state index < -0.39 is 0 Å². The Balaban J connectivity index is 3.08. The predicted octanol–water partition coefficient (Wildman–Crippen LogP) is 6.20. The first-order valence-corrected chi connectivity index (χ1v) is 8.14. The van der Waals surface area contributed by atoms with Crippen LogP contribution in [0.5, 0.6) is 0 Å². The van der Waals surface area contributed by atoms with Gasteiger partial charge in [-0.05, 0) is 29.9 Å². The molecule has 21 heavy (non-hydrogen) atoms. The third-order valence-corrected chi connectivity index (χ3v) is 4.32. The molecular formula is C18H26Cl2O. The number of benzene rings is 1. The molecule has 1 aromatic rings. The van der Waals surface area contributed by atoms with Crippen molar-refractivity contribution in [2.24, 2.45) is 16.7 Å². The first kappa shape index (κ1) is 18.5. The van der Waals surface area contributed by atoms with Gasteiger partial charge in [-0.25, -0.2) is 0 Å². The zero-order chi connectivity index (χ0) is 16.4. The maximum atomic E-state index is 12.8. The van der Waals surface area contributed by atoms with E-state index in [1.807, 2.05) is 32.9 Å². The van der Waals surface area contributed by atoms with Crippen LogP contribution < -0.4 is 0 Å². The fourth-order valence-corrected chi connectivity index (χ4v) is 2.98. The summed E-state index contributed by atoms with van der Waals surface area (Å²) in [4.78, 5) is 12.8. The Labute approximate surface area is 139 Å². The highest BCUT2D eigenvalue weighted by atomic mass is 35.5. The van der Waals surface area contributed by atoms with Gasteiger partial charge in [0.25, 0.3) is 0 Å². The van der Waals surface area contributed by atoms with Crippen LogP contribution in [0.3, 0.4) is 0 Å². The Hall–Kier alpha value is -0.530. The Bertz CT molecular complexity index is 507. The summed E-state index contributed by atoms with van der Waals surface area (Å²) in [6.07, 6.45) is 1.48. The van der Waals surface area contributed by atoms with Crippen LogP contribution in [0.1, 0.15) is 53.5 Å². The van der Waals surface area contributed by atoms with Crippen LogP contribution in [0.2, 0.25) is 10.0 Å². The molecule has 1 unspecified atom stereocenters. The fraction of sp³-hybridized carbons (Fsp3) is 0.611. The molecule has 0 bridgehead atoms. The molecule has 0 amide bonds. The largest absolute Gasteiger partial charge is 0.299 e. The molecule has 0 spiro atoms. The van der Waals surface area contributed by atoms with Crippen LogP contribution in [-0.2, 0) is 11.2 Å². The lowest BCUT2D eigenvalue weighted by Crippen LogP contribution is -2.32. The summed E-state index contributed by atoms with van der Waals surface area (Å²) in [5.41, 5.74) is 0.702. The van der Waals surface area contributed by atoms with Crippen molar-refractivity contribution >= 4 is 29.0 Å². The standard InChI is InChI=1S/C18H26Cl2O/c1-17(2,3)11-13(16(21)18(4,5)6)10-12-8-7-9-14(19)15(12)20/h7-9,13H,10-11H2,1-6H3. The lowest BCUT2D eigenvalue weighted by molar-refractivity contribution is -0.131. The minimum absolute atomic E-state index is 0.0408. The summed E-state index contributed by atoms with van der Waals surface area (Å²) in [6.45, 7) is 12.4. The molecule has 1 atom stereocenters. The molecule has 0 aliphatic carbocycles. The van der Waals surface area contributed by atoms with E-state index in [-0.39, 0.29) is 22.5 Å². The second-order valence-electron chi connectivity index (χ2n) is 7.99. The third kappa shape index (κ3) is 5.64. The summed E-state index contributed by atoms with van der Waals surface area (Å²) < 4.78 is 0. The molecule has 0 aliphatic heterocycles. The Morgan fingerprint density at radius 3 is 2.14 bits per heavy atom. The normalized spacial score (nSPS) is 14.1. The van der Waals surface area contributed by atoms with Gasteiger partial charge in [-0.2, -0.15) is 0 Å². The Morgan fingerprint density at radius 2 is 1.67 bits per heavy atom. The van der Waals surface area contributed by atoms with Gasteiger partial charge >= 0.3 is 0 Å². The number of carbonyl (C=O) groups excluding carboxylic acids is 1. The minimum Gasteiger partial charge on any atom is -0.299 e. The van der Waals surface area contributed by atoms with Gasteiger partial charge in [0.1, 0.15) is 5.78 Å². The van der Waals surface area contributed by atoms with Gasteiger partial charge in [-0.1, -0.05) is 76.9 Å². The van der Waals surface area contributed by atoms with Crippen molar-refractivity contribution in [1.82, 2.24) is 0 Å². The van der Waals surface area contributed by atoms with Crippen molar-refractivity contribution in [3.63, 3.8) is 0 Å². The molecule has 1 nitrogen and oxygen atoms in total. The van der Waals surface area contributed by atoms with Crippen LogP contribution in [0, 0.1) is 16.7 Å². The van der Waals surface area contributed by atoms with Crippen LogP contribution >= 0.6 is 23.2 Å². The number of ketones is 1. The lowest BCUT2D eigenvalue weighted by Gasteiger charge is -2.30. The van der Waals surface area contributed by atoms with E-state index in [4.69, 9.17) is 23.2 Å². The third-order valence-electron chi connectivity index (χ3n) is 3.47. The van der Waals surface area contributed by atoms with Gasteiger partial charge in [0.2, 0.25) is 0 Å². The zero-order valence-corrected chi connectivity index (χ0v) is 15.4. The minimum atomic E-state index is -0.346. The van der Waals surface area contributed by atoms with E-state index in [0.29, 0.717) is 16.5 Å². The molecule has 0 radical (unpaired) electrons. The second kappa shape index (κ2) is 6.71. The van der Waals surface area contributed by atoms with E-state index in [1.54, 1.807) is 6.07 Å². The van der Waals surface area contributed by atoms with Crippen LogP contribution in [0.15, 0.2) is 18.2 Å². The average Bonchev–Trinajstić information content (AvgIpc) is 2.30. The van der Waals surface area contributed by atoms with Gasteiger partial charge < -0.3 is 0 Å². The highest BCUT2D eigenvalue weighted by Gasteiger charge is 2.32. The molecule has 0 aliphatic rings. The molecule has 0 saturated heterocycles. The quantitative estimate of drug-likeness (QED) is 0.642. The average molecular weight is 329 g/mol. The number of hydrogen-bond donors (Lipinski definition) is 0. The number of hydrogen-bond acceptors (Lipinski definition) is 1. The summed E-state index contributed by atoms with van der Waals surface area (Å²) in [5.74, 6) is 0.245. The number of halogens is 2. The Morgan fingerprint density at radius 1 is 1.10 bits per heavy atom. The Kier molecular flexibility index (Phi) is 5.91. The zero-order valence-electron chi connectivity index (χ0n) is 13.9. The van der Waals surface area contributed by atoms with E-state index in [0.717, 1.165) is 12.0 Å². The van der Waals surface area contributed by atoms with Crippen molar-refractivity contribution in [3.05, 3.63) is 33.8 Å². The molecule has 3 heteroatoms. The maximum absolute atomic E-state index is 12.8. The van der Waals surface area contributed by atoms with Gasteiger partial charge in [-0.15, -0.1) is 0 Å². The van der Waals surface area contributed by atoms with Crippen molar-refractivity contribution in [1.29, 1.82) is 0 Å². The first-order chi connectivity index (χ1) is 9.42. The first-order valence-electron chi connectivity index (χ1n) is 7.39. The predicted molar refractivity (Wildman–Crippen MR) is 92.2 cm³/mol. The monoisotopic (exact) mass is 328 g/mol. The highest BCUT2D eigenvalue weighted by molar-refractivity contribution is 6.42. The molecule has 0 saturated carbocycles. The number of rotatable bonds is 4. The number of Topliss-reactive ketones (excluding diaryl/α,β-unsaturated/α-hetero) is 1. The van der Waals surface area contributed by atoms with Gasteiger partial charge in [0, 0.05) is 11.3 Å². The molecule has 0 N–H and O–H groups in total. The maximum Gasteiger partial charge on any atom is 0.141 e. The SMILES string of the molecule is CC(C)(C)CC(Cc1cccc(Cl)c1Cl)C(=O)C(C)(C)C. The van der Waals surface area contributed by atoms with Gasteiger partial charge in [0.15, 0.2) is 0 Å². The van der Waals surface area contributed by atoms with E-state index >= 15 is 0 Å². The summed E-state index contributed by atoms with van der Waals surface area (Å²) >= 11 is 12.4. The number of carbonyl (C=O) groups is 1. The highest BCUT2D eigenvalue weighted by Crippen LogP contribution is 2.35. The van der Waals surface area contributed by atoms with Crippen LogP contribution in [0.25, 0.3) is 0 Å². The molecule has 0 aromatic heterocycles. The van der Waals surface area contributed by atoms with E-state index in [1.165, 1.54) is 0 Å². The topological polar surface area (TPSA) is 17.1 Å². The summed E-state index contributed by atoms with van der Waals surface area (Å²) in [7, 11) is 0. The smallest absolute Gasteiger partial charge is 0.141 e.